The van der Waals surface area contributed by atoms with Crippen molar-refractivity contribution in [3.63, 3.8) is 0 Å². The molecule has 0 atom stereocenters. The molecule has 0 aliphatic rings. The van der Waals surface area contributed by atoms with E-state index in [1.165, 1.54) is 18.2 Å². The Morgan fingerprint density at radius 2 is 1.79 bits per heavy atom. The molecule has 0 nitrogen and oxygen atoms in total. The van der Waals surface area contributed by atoms with E-state index in [0.717, 1.165) is 0 Å². The first-order chi connectivity index (χ1) is 6.38. The van der Waals surface area contributed by atoms with Gasteiger partial charge in [-0.15, -0.1) is 0 Å². The maximum absolute atomic E-state index is 11.9. The molecule has 0 saturated heterocycles. The first kappa shape index (κ1) is 11.7. The summed E-state index contributed by atoms with van der Waals surface area (Å²) in [6.45, 7) is 0. The zero-order valence-corrected chi connectivity index (χ0v) is 8.55. The Hall–Kier alpha value is -0.410. The van der Waals surface area contributed by atoms with Gasteiger partial charge in [-0.05, 0) is 24.1 Å². The summed E-state index contributed by atoms with van der Waals surface area (Å²) in [5, 5.41) is 0.701. The molecule has 5 heteroatoms. The molecule has 0 fully saturated rings. The molecular formula is C9H7Cl2F3. The Labute approximate surface area is 89.6 Å². The van der Waals surface area contributed by atoms with Crippen LogP contribution in [0, 0.1) is 0 Å². The van der Waals surface area contributed by atoms with Crippen molar-refractivity contribution in [2.45, 2.75) is 19.0 Å². The highest BCUT2D eigenvalue weighted by Gasteiger charge is 2.26. The van der Waals surface area contributed by atoms with Crippen LogP contribution in [0.15, 0.2) is 18.2 Å². The normalized spacial score (nSPS) is 11.8. The topological polar surface area (TPSA) is 0 Å². The van der Waals surface area contributed by atoms with E-state index in [1.54, 1.807) is 0 Å². The third-order valence-electron chi connectivity index (χ3n) is 1.69. The molecule has 0 amide bonds. The lowest BCUT2D eigenvalue weighted by atomic mass is 10.1. The summed E-state index contributed by atoms with van der Waals surface area (Å²) in [5.74, 6) is 0. The van der Waals surface area contributed by atoms with Crippen molar-refractivity contribution in [2.75, 3.05) is 0 Å². The van der Waals surface area contributed by atoms with Gasteiger partial charge in [0.2, 0.25) is 0 Å². The van der Waals surface area contributed by atoms with Crippen molar-refractivity contribution in [3.8, 4) is 0 Å². The van der Waals surface area contributed by atoms with Gasteiger partial charge in [0.1, 0.15) is 0 Å². The molecule has 0 aliphatic carbocycles. The lowest BCUT2D eigenvalue weighted by Gasteiger charge is -2.07. The van der Waals surface area contributed by atoms with Crippen LogP contribution in [0.1, 0.15) is 12.0 Å². The molecule has 0 N–H and O–H groups in total. The average Bonchev–Trinajstić information content (AvgIpc) is 2.00. The fraction of sp³-hybridized carbons (Fsp3) is 0.333. The van der Waals surface area contributed by atoms with Crippen molar-refractivity contribution >= 4 is 23.2 Å². The molecule has 0 aromatic heterocycles. The van der Waals surface area contributed by atoms with Gasteiger partial charge in [0.15, 0.2) is 0 Å². The standard InChI is InChI=1S/C9H7Cl2F3/c10-7-2-1-6(8(11)5-7)3-4-9(12,13)14/h1-2,5H,3-4H2. The minimum atomic E-state index is -4.15. The highest BCUT2D eigenvalue weighted by atomic mass is 35.5. The summed E-state index contributed by atoms with van der Waals surface area (Å²) in [5.41, 5.74) is 0.466. The first-order valence-electron chi connectivity index (χ1n) is 3.89. The minimum absolute atomic E-state index is 0.112. The van der Waals surface area contributed by atoms with Gasteiger partial charge in [-0.2, -0.15) is 13.2 Å². The van der Waals surface area contributed by atoms with Gasteiger partial charge in [-0.25, -0.2) is 0 Å². The molecule has 0 unspecified atom stereocenters. The Balaban J connectivity index is 2.68. The third kappa shape index (κ3) is 3.76. The van der Waals surface area contributed by atoms with Gasteiger partial charge in [0.25, 0.3) is 0 Å². The predicted octanol–water partition coefficient (Wildman–Crippen LogP) is 4.49. The van der Waals surface area contributed by atoms with Crippen LogP contribution < -0.4 is 0 Å². The van der Waals surface area contributed by atoms with Gasteiger partial charge in [0, 0.05) is 16.5 Å². The highest BCUT2D eigenvalue weighted by molar-refractivity contribution is 6.35. The highest BCUT2D eigenvalue weighted by Crippen LogP contribution is 2.26. The molecule has 0 spiro atoms. The molecule has 1 rings (SSSR count). The fourth-order valence-electron chi connectivity index (χ4n) is 1.00. The van der Waals surface area contributed by atoms with Crippen LogP contribution in [0.5, 0.6) is 0 Å². The van der Waals surface area contributed by atoms with Crippen molar-refractivity contribution in [1.82, 2.24) is 0 Å². The van der Waals surface area contributed by atoms with E-state index < -0.39 is 12.6 Å². The van der Waals surface area contributed by atoms with Crippen LogP contribution >= 0.6 is 23.2 Å². The van der Waals surface area contributed by atoms with Gasteiger partial charge >= 0.3 is 6.18 Å². The van der Waals surface area contributed by atoms with E-state index in [1.807, 2.05) is 0 Å². The van der Waals surface area contributed by atoms with E-state index in [0.29, 0.717) is 10.6 Å². The lowest BCUT2D eigenvalue weighted by molar-refractivity contribution is -0.133. The Morgan fingerprint density at radius 1 is 1.14 bits per heavy atom. The fourth-order valence-corrected chi connectivity index (χ4v) is 1.50. The summed E-state index contributed by atoms with van der Waals surface area (Å²) in [7, 11) is 0. The number of aryl methyl sites for hydroxylation is 1. The zero-order valence-electron chi connectivity index (χ0n) is 7.04. The van der Waals surface area contributed by atoms with Crippen LogP contribution in [0.25, 0.3) is 0 Å². The summed E-state index contributed by atoms with van der Waals surface area (Å²) in [6, 6.07) is 4.48. The Kier molecular flexibility index (Phi) is 3.67. The second-order valence-corrected chi connectivity index (χ2v) is 3.69. The van der Waals surface area contributed by atoms with Gasteiger partial charge in [0.05, 0.1) is 0 Å². The quantitative estimate of drug-likeness (QED) is 0.717. The number of hydrogen-bond donors (Lipinski definition) is 0. The average molecular weight is 243 g/mol. The molecule has 1 aromatic rings. The summed E-state index contributed by atoms with van der Waals surface area (Å²) in [4.78, 5) is 0. The first-order valence-corrected chi connectivity index (χ1v) is 4.65. The monoisotopic (exact) mass is 242 g/mol. The summed E-state index contributed by atoms with van der Waals surface area (Å²) in [6.07, 6.45) is -5.13. The number of benzene rings is 1. The minimum Gasteiger partial charge on any atom is -0.171 e. The van der Waals surface area contributed by atoms with E-state index in [9.17, 15) is 13.2 Å². The summed E-state index contributed by atoms with van der Waals surface area (Å²) < 4.78 is 35.6. The van der Waals surface area contributed by atoms with Gasteiger partial charge < -0.3 is 0 Å². The maximum Gasteiger partial charge on any atom is 0.389 e. The second kappa shape index (κ2) is 4.41. The molecular weight excluding hydrogens is 236 g/mol. The van der Waals surface area contributed by atoms with Gasteiger partial charge in [-0.1, -0.05) is 29.3 Å². The molecule has 14 heavy (non-hydrogen) atoms. The molecule has 1 aromatic carbocycles. The maximum atomic E-state index is 11.9. The summed E-state index contributed by atoms with van der Waals surface area (Å²) >= 11 is 11.3. The smallest absolute Gasteiger partial charge is 0.171 e. The third-order valence-corrected chi connectivity index (χ3v) is 2.28. The van der Waals surface area contributed by atoms with E-state index >= 15 is 0 Å². The van der Waals surface area contributed by atoms with Crippen molar-refractivity contribution in [1.29, 1.82) is 0 Å². The Bertz CT molecular complexity index is 320. The molecule has 0 saturated carbocycles. The number of hydrogen-bond acceptors (Lipinski definition) is 0. The van der Waals surface area contributed by atoms with Crippen LogP contribution in [0.2, 0.25) is 10.0 Å². The molecule has 0 bridgehead atoms. The van der Waals surface area contributed by atoms with Crippen LogP contribution in [-0.4, -0.2) is 6.18 Å². The molecule has 0 aliphatic heterocycles. The number of rotatable bonds is 2. The van der Waals surface area contributed by atoms with E-state index in [-0.39, 0.29) is 11.4 Å². The predicted molar refractivity (Wildman–Crippen MR) is 50.8 cm³/mol. The SMILES string of the molecule is FC(F)(F)CCc1ccc(Cl)cc1Cl. The lowest BCUT2D eigenvalue weighted by Crippen LogP contribution is -2.08. The van der Waals surface area contributed by atoms with E-state index in [4.69, 9.17) is 23.2 Å². The van der Waals surface area contributed by atoms with Crippen molar-refractivity contribution in [3.05, 3.63) is 33.8 Å². The van der Waals surface area contributed by atoms with Crippen LogP contribution in [-0.2, 0) is 6.42 Å². The largest absolute Gasteiger partial charge is 0.389 e. The number of alkyl halides is 3. The number of halogens is 5. The van der Waals surface area contributed by atoms with Gasteiger partial charge in [-0.3, -0.25) is 0 Å². The molecule has 0 radical (unpaired) electrons. The molecule has 78 valence electrons. The van der Waals surface area contributed by atoms with Crippen LogP contribution in [0.4, 0.5) is 13.2 Å². The van der Waals surface area contributed by atoms with Crippen molar-refractivity contribution in [2.24, 2.45) is 0 Å². The van der Waals surface area contributed by atoms with Crippen molar-refractivity contribution < 1.29 is 13.2 Å². The van der Waals surface area contributed by atoms with E-state index in [2.05, 4.69) is 0 Å². The molecule has 0 heterocycles. The van der Waals surface area contributed by atoms with Crippen LogP contribution in [0.3, 0.4) is 0 Å². The zero-order chi connectivity index (χ0) is 10.8. The second-order valence-electron chi connectivity index (χ2n) is 2.85. The Morgan fingerprint density at radius 3 is 2.29 bits per heavy atom.